The largest absolute Gasteiger partial charge is 0.481 e. The van der Waals surface area contributed by atoms with Crippen LogP contribution < -0.4 is 0 Å². The van der Waals surface area contributed by atoms with Crippen LogP contribution in [0, 0.1) is 0 Å². The summed E-state index contributed by atoms with van der Waals surface area (Å²) < 4.78 is 26.3. The van der Waals surface area contributed by atoms with Gasteiger partial charge >= 0.3 is 5.97 Å². The first-order valence-corrected chi connectivity index (χ1v) is 9.04. The van der Waals surface area contributed by atoms with Gasteiger partial charge in [-0.25, -0.2) is 8.42 Å². The molecule has 1 aliphatic rings. The van der Waals surface area contributed by atoms with Crippen molar-refractivity contribution in [2.24, 2.45) is 0 Å². The van der Waals surface area contributed by atoms with Crippen LogP contribution in [0.25, 0.3) is 0 Å². The van der Waals surface area contributed by atoms with Gasteiger partial charge in [0.15, 0.2) is 0 Å². The zero-order chi connectivity index (χ0) is 16.0. The van der Waals surface area contributed by atoms with E-state index in [1.807, 2.05) is 30.3 Å². The van der Waals surface area contributed by atoms with Crippen molar-refractivity contribution in [2.45, 2.75) is 18.6 Å². The van der Waals surface area contributed by atoms with Crippen molar-refractivity contribution in [1.82, 2.24) is 9.21 Å². The second-order valence-corrected chi connectivity index (χ2v) is 7.45. The highest BCUT2D eigenvalue weighted by Crippen LogP contribution is 2.13. The lowest BCUT2D eigenvalue weighted by Crippen LogP contribution is -2.49. The van der Waals surface area contributed by atoms with Crippen LogP contribution in [0.15, 0.2) is 30.3 Å². The Bertz CT molecular complexity index is 581. The molecule has 1 aromatic rings. The Kier molecular flexibility index (Phi) is 5.93. The predicted molar refractivity (Wildman–Crippen MR) is 83.9 cm³/mol. The van der Waals surface area contributed by atoms with Crippen LogP contribution in [0.2, 0.25) is 0 Å². The molecule has 7 heteroatoms. The van der Waals surface area contributed by atoms with E-state index in [9.17, 15) is 13.2 Å². The third-order valence-corrected chi connectivity index (χ3v) is 5.63. The molecule has 0 bridgehead atoms. The van der Waals surface area contributed by atoms with Crippen molar-refractivity contribution in [1.29, 1.82) is 0 Å². The molecule has 2 rings (SSSR count). The van der Waals surface area contributed by atoms with Crippen LogP contribution in [-0.4, -0.2) is 61.4 Å². The minimum absolute atomic E-state index is 0.0346. The zero-order valence-corrected chi connectivity index (χ0v) is 13.3. The van der Waals surface area contributed by atoms with E-state index in [4.69, 9.17) is 5.11 Å². The number of carboxylic acids is 1. The van der Waals surface area contributed by atoms with Crippen molar-refractivity contribution in [3.8, 4) is 0 Å². The number of carboxylic acid groups (broad SMARTS) is 1. The summed E-state index contributed by atoms with van der Waals surface area (Å²) in [6, 6.07) is 9.18. The number of carbonyl (C=O) groups is 1. The fraction of sp³-hybridized carbons (Fsp3) is 0.533. The second-order valence-electron chi connectivity index (χ2n) is 5.48. The number of hydrogen-bond donors (Lipinski definition) is 1. The Morgan fingerprint density at radius 3 is 2.32 bits per heavy atom. The van der Waals surface area contributed by atoms with Gasteiger partial charge in [-0.15, -0.1) is 0 Å². The highest BCUT2D eigenvalue weighted by Gasteiger charge is 2.26. The van der Waals surface area contributed by atoms with Gasteiger partial charge in [0.25, 0.3) is 0 Å². The van der Waals surface area contributed by atoms with Crippen molar-refractivity contribution in [2.75, 3.05) is 32.7 Å². The van der Waals surface area contributed by atoms with Gasteiger partial charge in [-0.1, -0.05) is 30.3 Å². The SMILES string of the molecule is O=C(O)CCCN1CCN(S(=O)(=O)Cc2ccccc2)CC1. The maximum atomic E-state index is 12.4. The first-order valence-electron chi connectivity index (χ1n) is 7.43. The van der Waals surface area contributed by atoms with Gasteiger partial charge in [-0.2, -0.15) is 4.31 Å². The minimum Gasteiger partial charge on any atom is -0.481 e. The molecule has 0 saturated carbocycles. The van der Waals surface area contributed by atoms with Gasteiger partial charge < -0.3 is 10.0 Å². The normalized spacial score (nSPS) is 17.5. The van der Waals surface area contributed by atoms with E-state index < -0.39 is 16.0 Å². The highest BCUT2D eigenvalue weighted by molar-refractivity contribution is 7.88. The Hall–Kier alpha value is -1.44. The average molecular weight is 326 g/mol. The van der Waals surface area contributed by atoms with Crippen LogP contribution in [0.1, 0.15) is 18.4 Å². The molecule has 1 aliphatic heterocycles. The maximum absolute atomic E-state index is 12.4. The summed E-state index contributed by atoms with van der Waals surface area (Å²) in [6.07, 6.45) is 0.763. The maximum Gasteiger partial charge on any atom is 0.303 e. The molecule has 0 spiro atoms. The summed E-state index contributed by atoms with van der Waals surface area (Å²) >= 11 is 0. The number of rotatable bonds is 7. The molecule has 1 fully saturated rings. The van der Waals surface area contributed by atoms with Crippen LogP contribution in [0.5, 0.6) is 0 Å². The molecule has 0 atom stereocenters. The molecule has 1 saturated heterocycles. The number of aliphatic carboxylic acids is 1. The number of nitrogens with zero attached hydrogens (tertiary/aromatic N) is 2. The third kappa shape index (κ3) is 5.08. The lowest BCUT2D eigenvalue weighted by molar-refractivity contribution is -0.137. The lowest BCUT2D eigenvalue weighted by Gasteiger charge is -2.33. The third-order valence-electron chi connectivity index (χ3n) is 3.78. The Labute approximate surface area is 131 Å². The summed E-state index contributed by atoms with van der Waals surface area (Å²) in [5.74, 6) is -0.753. The molecule has 0 amide bonds. The minimum atomic E-state index is -3.28. The molecule has 122 valence electrons. The average Bonchev–Trinajstić information content (AvgIpc) is 2.48. The van der Waals surface area contributed by atoms with Crippen LogP contribution >= 0.6 is 0 Å². The number of piperazine rings is 1. The van der Waals surface area contributed by atoms with Crippen molar-refractivity contribution in [3.05, 3.63) is 35.9 Å². The fourth-order valence-electron chi connectivity index (χ4n) is 2.56. The summed E-state index contributed by atoms with van der Waals surface area (Å²) in [5.41, 5.74) is 0.798. The monoisotopic (exact) mass is 326 g/mol. The van der Waals surface area contributed by atoms with Gasteiger partial charge in [-0.05, 0) is 18.5 Å². The summed E-state index contributed by atoms with van der Waals surface area (Å²) in [4.78, 5) is 12.6. The standard InChI is InChI=1S/C15H22N2O4S/c18-15(19)7-4-8-16-9-11-17(12-10-16)22(20,21)13-14-5-2-1-3-6-14/h1-3,5-6H,4,7-13H2,(H,18,19). The molecule has 0 aliphatic carbocycles. The number of benzene rings is 1. The Morgan fingerprint density at radius 1 is 1.09 bits per heavy atom. The molecule has 1 aromatic carbocycles. The molecular weight excluding hydrogens is 304 g/mol. The predicted octanol–water partition coefficient (Wildman–Crippen LogP) is 0.999. The van der Waals surface area contributed by atoms with E-state index >= 15 is 0 Å². The summed E-state index contributed by atoms with van der Waals surface area (Å²) in [7, 11) is -3.28. The molecule has 22 heavy (non-hydrogen) atoms. The molecular formula is C15H22N2O4S. The Balaban J connectivity index is 1.81. The molecule has 1 heterocycles. The van der Waals surface area contributed by atoms with Crippen molar-refractivity contribution >= 4 is 16.0 Å². The van der Waals surface area contributed by atoms with E-state index in [1.165, 1.54) is 4.31 Å². The molecule has 0 aromatic heterocycles. The van der Waals surface area contributed by atoms with Crippen LogP contribution in [-0.2, 0) is 20.6 Å². The van der Waals surface area contributed by atoms with E-state index in [1.54, 1.807) is 0 Å². The van der Waals surface area contributed by atoms with Crippen LogP contribution in [0.3, 0.4) is 0 Å². The zero-order valence-electron chi connectivity index (χ0n) is 12.5. The number of hydrogen-bond acceptors (Lipinski definition) is 4. The van der Waals surface area contributed by atoms with Gasteiger partial charge in [0, 0.05) is 32.6 Å². The first kappa shape index (κ1) is 16.9. The van der Waals surface area contributed by atoms with Crippen LogP contribution in [0.4, 0.5) is 0 Å². The smallest absolute Gasteiger partial charge is 0.303 e. The Morgan fingerprint density at radius 2 is 1.73 bits per heavy atom. The van der Waals surface area contributed by atoms with Gasteiger partial charge in [-0.3, -0.25) is 4.79 Å². The van der Waals surface area contributed by atoms with E-state index in [0.29, 0.717) is 39.1 Å². The van der Waals surface area contributed by atoms with Gasteiger partial charge in [0.05, 0.1) is 5.75 Å². The molecule has 0 radical (unpaired) electrons. The summed E-state index contributed by atoms with van der Waals surface area (Å²) in [5, 5.41) is 8.63. The van der Waals surface area contributed by atoms with E-state index in [0.717, 1.165) is 5.56 Å². The van der Waals surface area contributed by atoms with Crippen molar-refractivity contribution in [3.63, 3.8) is 0 Å². The quantitative estimate of drug-likeness (QED) is 0.809. The topological polar surface area (TPSA) is 77.9 Å². The number of sulfonamides is 1. The lowest BCUT2D eigenvalue weighted by atomic mass is 10.2. The second kappa shape index (κ2) is 7.71. The van der Waals surface area contributed by atoms with E-state index in [2.05, 4.69) is 4.90 Å². The highest BCUT2D eigenvalue weighted by atomic mass is 32.2. The van der Waals surface area contributed by atoms with Gasteiger partial charge in [0.1, 0.15) is 0 Å². The molecule has 1 N–H and O–H groups in total. The first-order chi connectivity index (χ1) is 10.5. The van der Waals surface area contributed by atoms with Gasteiger partial charge in [0.2, 0.25) is 10.0 Å². The van der Waals surface area contributed by atoms with Crippen molar-refractivity contribution < 1.29 is 18.3 Å². The molecule has 0 unspecified atom stereocenters. The fourth-order valence-corrected chi connectivity index (χ4v) is 4.08. The van der Waals surface area contributed by atoms with E-state index in [-0.39, 0.29) is 12.2 Å². The summed E-state index contributed by atoms with van der Waals surface area (Å²) in [6.45, 7) is 2.98. The molecule has 6 nitrogen and oxygen atoms in total.